The maximum absolute atomic E-state index is 11.4. The average molecular weight is 249 g/mol. The maximum Gasteiger partial charge on any atom is 0.262 e. The average Bonchev–Trinajstić information content (AvgIpc) is 2.35. The van der Waals surface area contributed by atoms with Crippen molar-refractivity contribution in [3.05, 3.63) is 42.0 Å². The number of nitrogens with one attached hydrogen (secondary N) is 3. The van der Waals surface area contributed by atoms with Gasteiger partial charge >= 0.3 is 0 Å². The molecule has 1 aromatic rings. The lowest BCUT2D eigenvalue weighted by molar-refractivity contribution is -0.116. The van der Waals surface area contributed by atoms with E-state index in [9.17, 15) is 4.79 Å². The van der Waals surface area contributed by atoms with Crippen LogP contribution in [0.25, 0.3) is 6.08 Å². The highest BCUT2D eigenvalue weighted by Gasteiger charge is 1.95. The van der Waals surface area contributed by atoms with E-state index in [-0.39, 0.29) is 5.91 Å². The van der Waals surface area contributed by atoms with Gasteiger partial charge in [0.25, 0.3) is 5.91 Å². The molecule has 1 amide bonds. The lowest BCUT2D eigenvalue weighted by atomic mass is 10.2. The number of thiocarbonyl (C=S) groups is 1. The standard InChI is InChI=1S/C12H15N3OS/c1-2-13-12(17)15-14-11(16)9-8-10-6-4-3-5-7-10/h3-9H,2H2,1H3,(H,14,16)(H2,13,15,17)/b9-8+. The molecule has 17 heavy (non-hydrogen) atoms. The van der Waals surface area contributed by atoms with E-state index in [1.165, 1.54) is 6.08 Å². The van der Waals surface area contributed by atoms with E-state index >= 15 is 0 Å². The molecule has 0 spiro atoms. The van der Waals surface area contributed by atoms with Crippen LogP contribution in [0.3, 0.4) is 0 Å². The highest BCUT2D eigenvalue weighted by molar-refractivity contribution is 7.80. The summed E-state index contributed by atoms with van der Waals surface area (Å²) in [6.07, 6.45) is 3.17. The van der Waals surface area contributed by atoms with Crippen LogP contribution in [-0.4, -0.2) is 17.6 Å². The van der Waals surface area contributed by atoms with Crippen LogP contribution in [0, 0.1) is 0 Å². The summed E-state index contributed by atoms with van der Waals surface area (Å²) in [7, 11) is 0. The molecule has 0 radical (unpaired) electrons. The quantitative estimate of drug-likeness (QED) is 0.428. The van der Waals surface area contributed by atoms with Gasteiger partial charge in [0.05, 0.1) is 0 Å². The van der Waals surface area contributed by atoms with Crippen molar-refractivity contribution >= 4 is 29.3 Å². The van der Waals surface area contributed by atoms with Crippen LogP contribution < -0.4 is 16.2 Å². The molecule has 0 heterocycles. The molecule has 1 aromatic carbocycles. The number of rotatable bonds is 3. The molecule has 4 nitrogen and oxygen atoms in total. The molecule has 0 bridgehead atoms. The lowest BCUT2D eigenvalue weighted by Crippen LogP contribution is -2.46. The monoisotopic (exact) mass is 249 g/mol. The topological polar surface area (TPSA) is 53.2 Å². The van der Waals surface area contributed by atoms with Gasteiger partial charge in [-0.25, -0.2) is 0 Å². The van der Waals surface area contributed by atoms with Crippen molar-refractivity contribution in [3.8, 4) is 0 Å². The fourth-order valence-electron chi connectivity index (χ4n) is 1.10. The van der Waals surface area contributed by atoms with E-state index in [1.54, 1.807) is 6.08 Å². The van der Waals surface area contributed by atoms with Gasteiger partial charge in [-0.2, -0.15) is 0 Å². The third-order valence-corrected chi connectivity index (χ3v) is 2.11. The minimum Gasteiger partial charge on any atom is -0.362 e. The van der Waals surface area contributed by atoms with Gasteiger partial charge in [-0.3, -0.25) is 15.6 Å². The summed E-state index contributed by atoms with van der Waals surface area (Å²) in [5.74, 6) is -0.255. The Balaban J connectivity index is 2.35. The van der Waals surface area contributed by atoms with Crippen molar-refractivity contribution in [2.75, 3.05) is 6.54 Å². The Bertz CT molecular complexity index is 403. The highest BCUT2D eigenvalue weighted by atomic mass is 32.1. The molecule has 0 atom stereocenters. The SMILES string of the molecule is CCNC(=S)NNC(=O)/C=C/c1ccccc1. The second-order valence-corrected chi connectivity index (χ2v) is 3.63. The molecule has 5 heteroatoms. The molecule has 0 aromatic heterocycles. The first-order chi connectivity index (χ1) is 8.22. The second kappa shape index (κ2) is 7.40. The van der Waals surface area contributed by atoms with Gasteiger partial charge in [0.2, 0.25) is 0 Å². The predicted molar refractivity (Wildman–Crippen MR) is 73.0 cm³/mol. The molecular formula is C12H15N3OS. The van der Waals surface area contributed by atoms with E-state index < -0.39 is 0 Å². The third kappa shape index (κ3) is 5.67. The number of carbonyl (C=O) groups is 1. The summed E-state index contributed by atoms with van der Waals surface area (Å²) < 4.78 is 0. The van der Waals surface area contributed by atoms with E-state index in [0.717, 1.165) is 5.56 Å². The maximum atomic E-state index is 11.4. The van der Waals surface area contributed by atoms with Gasteiger partial charge in [-0.15, -0.1) is 0 Å². The smallest absolute Gasteiger partial charge is 0.262 e. The normalized spacial score (nSPS) is 9.94. The zero-order chi connectivity index (χ0) is 12.5. The van der Waals surface area contributed by atoms with Gasteiger partial charge in [0.15, 0.2) is 5.11 Å². The van der Waals surface area contributed by atoms with Crippen molar-refractivity contribution in [2.24, 2.45) is 0 Å². The Kier molecular flexibility index (Phi) is 5.74. The molecular weight excluding hydrogens is 234 g/mol. The van der Waals surface area contributed by atoms with Crippen LogP contribution in [0.5, 0.6) is 0 Å². The number of benzene rings is 1. The Morgan fingerprint density at radius 1 is 1.29 bits per heavy atom. The van der Waals surface area contributed by atoms with Gasteiger partial charge in [0, 0.05) is 12.6 Å². The summed E-state index contributed by atoms with van der Waals surface area (Å²) in [5.41, 5.74) is 6.02. The molecule has 0 unspecified atom stereocenters. The number of carbonyl (C=O) groups excluding carboxylic acids is 1. The third-order valence-electron chi connectivity index (χ3n) is 1.86. The zero-order valence-corrected chi connectivity index (χ0v) is 10.4. The molecule has 0 aliphatic heterocycles. The van der Waals surface area contributed by atoms with E-state index in [2.05, 4.69) is 16.2 Å². The number of hydrazine groups is 1. The van der Waals surface area contributed by atoms with Crippen molar-refractivity contribution in [1.29, 1.82) is 0 Å². The molecule has 0 aliphatic carbocycles. The molecule has 1 rings (SSSR count). The van der Waals surface area contributed by atoms with Crippen LogP contribution in [0.2, 0.25) is 0 Å². The molecule has 0 aliphatic rings. The largest absolute Gasteiger partial charge is 0.362 e. The number of hydrogen-bond acceptors (Lipinski definition) is 2. The summed E-state index contributed by atoms with van der Waals surface area (Å²) in [5, 5.41) is 3.25. The van der Waals surface area contributed by atoms with Crippen LogP contribution in [0.4, 0.5) is 0 Å². The van der Waals surface area contributed by atoms with E-state index in [0.29, 0.717) is 11.7 Å². The predicted octanol–water partition coefficient (Wildman–Crippen LogP) is 1.21. The summed E-state index contributed by atoms with van der Waals surface area (Å²) in [4.78, 5) is 11.4. The van der Waals surface area contributed by atoms with Crippen molar-refractivity contribution in [3.63, 3.8) is 0 Å². The lowest BCUT2D eigenvalue weighted by Gasteiger charge is -2.07. The minimum absolute atomic E-state index is 0.255. The number of amides is 1. The van der Waals surface area contributed by atoms with Crippen molar-refractivity contribution in [2.45, 2.75) is 6.92 Å². The van der Waals surface area contributed by atoms with Crippen molar-refractivity contribution < 1.29 is 4.79 Å². The summed E-state index contributed by atoms with van der Waals surface area (Å²) >= 11 is 4.89. The highest BCUT2D eigenvalue weighted by Crippen LogP contribution is 1.99. The first-order valence-corrected chi connectivity index (χ1v) is 5.70. The Labute approximate surface area is 106 Å². The molecule has 0 fully saturated rings. The molecule has 3 N–H and O–H groups in total. The van der Waals surface area contributed by atoms with E-state index in [4.69, 9.17) is 12.2 Å². The zero-order valence-electron chi connectivity index (χ0n) is 9.57. The first kappa shape index (κ1) is 13.2. The van der Waals surface area contributed by atoms with Gasteiger partial charge < -0.3 is 5.32 Å². The van der Waals surface area contributed by atoms with Gasteiger partial charge in [-0.05, 0) is 30.8 Å². The number of hydrogen-bond donors (Lipinski definition) is 3. The summed E-state index contributed by atoms with van der Waals surface area (Å²) in [6.45, 7) is 2.63. The van der Waals surface area contributed by atoms with Crippen LogP contribution in [0.15, 0.2) is 36.4 Å². The molecule has 0 saturated carbocycles. The second-order valence-electron chi connectivity index (χ2n) is 3.22. The van der Waals surface area contributed by atoms with Gasteiger partial charge in [0.1, 0.15) is 0 Å². The van der Waals surface area contributed by atoms with Gasteiger partial charge in [-0.1, -0.05) is 30.3 Å². The summed E-state index contributed by atoms with van der Waals surface area (Å²) in [6, 6.07) is 9.58. The minimum atomic E-state index is -0.255. The Morgan fingerprint density at radius 2 is 2.00 bits per heavy atom. The van der Waals surface area contributed by atoms with Crippen LogP contribution in [-0.2, 0) is 4.79 Å². The first-order valence-electron chi connectivity index (χ1n) is 5.29. The molecule has 90 valence electrons. The fraction of sp³-hybridized carbons (Fsp3) is 0.167. The Morgan fingerprint density at radius 3 is 2.65 bits per heavy atom. The van der Waals surface area contributed by atoms with Crippen LogP contribution in [0.1, 0.15) is 12.5 Å². The van der Waals surface area contributed by atoms with Crippen LogP contribution >= 0.6 is 12.2 Å². The Hall–Kier alpha value is -1.88. The van der Waals surface area contributed by atoms with Crippen molar-refractivity contribution in [1.82, 2.24) is 16.2 Å². The fourth-order valence-corrected chi connectivity index (χ4v) is 1.30. The van der Waals surface area contributed by atoms with E-state index in [1.807, 2.05) is 37.3 Å². The molecule has 0 saturated heterocycles.